The zero-order valence-corrected chi connectivity index (χ0v) is 11.8. The molecule has 0 spiro atoms. The Morgan fingerprint density at radius 2 is 2.06 bits per heavy atom. The number of unbranched alkanes of at least 4 members (excludes halogenated alkanes) is 3. The van der Waals surface area contributed by atoms with Crippen LogP contribution in [0.15, 0.2) is 12.1 Å². The Kier molecular flexibility index (Phi) is 6.27. The predicted octanol–water partition coefficient (Wildman–Crippen LogP) is 4.80. The Bertz CT molecular complexity index is 384. The van der Waals surface area contributed by atoms with Crippen molar-refractivity contribution in [2.45, 2.75) is 52.1 Å². The second-order valence-corrected chi connectivity index (χ2v) is 4.99. The fourth-order valence-electron chi connectivity index (χ4n) is 1.78. The first-order chi connectivity index (χ1) is 8.54. The summed E-state index contributed by atoms with van der Waals surface area (Å²) >= 11 is 5.70. The fourth-order valence-corrected chi connectivity index (χ4v) is 1.93. The highest BCUT2D eigenvalue weighted by atomic mass is 35.5. The van der Waals surface area contributed by atoms with Crippen LogP contribution in [0.2, 0.25) is 5.02 Å². The Hall–Kier alpha value is -0.960. The summed E-state index contributed by atoms with van der Waals surface area (Å²) in [6.45, 7) is 4.17. The number of ether oxygens (including phenoxy) is 1. The third-order valence-electron chi connectivity index (χ3n) is 2.85. The standard InChI is InChI=1S/C14H21ClFNO/c1-3-4-5-6-7-10(2)18-14-8-11(15)12(16)9-13(14)17/h8-10H,3-7,17H2,1-2H3. The van der Waals surface area contributed by atoms with Crippen LogP contribution in [0.5, 0.6) is 5.75 Å². The maximum absolute atomic E-state index is 13.1. The Morgan fingerprint density at radius 1 is 1.33 bits per heavy atom. The number of halogens is 2. The molecule has 4 heteroatoms. The molecular formula is C14H21ClFNO. The van der Waals surface area contributed by atoms with Crippen molar-refractivity contribution in [3.05, 3.63) is 23.0 Å². The van der Waals surface area contributed by atoms with Gasteiger partial charge in [-0.25, -0.2) is 4.39 Å². The van der Waals surface area contributed by atoms with Gasteiger partial charge in [-0.3, -0.25) is 0 Å². The minimum Gasteiger partial charge on any atom is -0.489 e. The van der Waals surface area contributed by atoms with Crippen molar-refractivity contribution in [1.29, 1.82) is 0 Å². The molecule has 0 amide bonds. The first-order valence-electron chi connectivity index (χ1n) is 6.45. The van der Waals surface area contributed by atoms with Crippen LogP contribution in [0.1, 0.15) is 46.0 Å². The molecule has 0 saturated carbocycles. The summed E-state index contributed by atoms with van der Waals surface area (Å²) in [7, 11) is 0. The third kappa shape index (κ3) is 4.73. The molecule has 1 aromatic rings. The normalized spacial score (nSPS) is 12.4. The smallest absolute Gasteiger partial charge is 0.144 e. The monoisotopic (exact) mass is 273 g/mol. The van der Waals surface area contributed by atoms with Gasteiger partial charge >= 0.3 is 0 Å². The van der Waals surface area contributed by atoms with E-state index in [0.29, 0.717) is 5.75 Å². The van der Waals surface area contributed by atoms with Crippen molar-refractivity contribution in [1.82, 2.24) is 0 Å². The molecule has 1 rings (SSSR count). The van der Waals surface area contributed by atoms with E-state index in [1.54, 1.807) is 0 Å². The van der Waals surface area contributed by atoms with Crippen LogP contribution in [-0.4, -0.2) is 6.10 Å². The van der Waals surface area contributed by atoms with Crippen LogP contribution in [0, 0.1) is 5.82 Å². The summed E-state index contributed by atoms with van der Waals surface area (Å²) in [5.41, 5.74) is 5.98. The molecule has 2 nitrogen and oxygen atoms in total. The molecule has 0 radical (unpaired) electrons. The van der Waals surface area contributed by atoms with Gasteiger partial charge in [-0.2, -0.15) is 0 Å². The lowest BCUT2D eigenvalue weighted by molar-refractivity contribution is 0.207. The first-order valence-corrected chi connectivity index (χ1v) is 6.83. The van der Waals surface area contributed by atoms with E-state index in [9.17, 15) is 4.39 Å². The van der Waals surface area contributed by atoms with Crippen LogP contribution >= 0.6 is 11.6 Å². The molecule has 102 valence electrons. The van der Waals surface area contributed by atoms with E-state index in [4.69, 9.17) is 22.1 Å². The maximum atomic E-state index is 13.1. The molecule has 0 fully saturated rings. The quantitative estimate of drug-likeness (QED) is 0.572. The zero-order chi connectivity index (χ0) is 13.5. The van der Waals surface area contributed by atoms with Gasteiger partial charge in [0.25, 0.3) is 0 Å². The number of rotatable bonds is 7. The van der Waals surface area contributed by atoms with E-state index in [0.717, 1.165) is 12.8 Å². The van der Waals surface area contributed by atoms with E-state index in [1.165, 1.54) is 31.4 Å². The van der Waals surface area contributed by atoms with Crippen LogP contribution in [0.4, 0.5) is 10.1 Å². The molecule has 1 aromatic carbocycles. The average molecular weight is 274 g/mol. The third-order valence-corrected chi connectivity index (χ3v) is 3.13. The number of benzene rings is 1. The first kappa shape index (κ1) is 15.1. The summed E-state index contributed by atoms with van der Waals surface area (Å²) in [5.74, 6) is -0.0542. The van der Waals surface area contributed by atoms with E-state index >= 15 is 0 Å². The lowest BCUT2D eigenvalue weighted by Gasteiger charge is -2.16. The number of nitrogens with two attached hydrogens (primary N) is 1. The Labute approximate surface area is 113 Å². The second-order valence-electron chi connectivity index (χ2n) is 4.58. The van der Waals surface area contributed by atoms with Crippen LogP contribution < -0.4 is 10.5 Å². The molecule has 1 unspecified atom stereocenters. The lowest BCUT2D eigenvalue weighted by atomic mass is 10.1. The minimum atomic E-state index is -0.517. The Morgan fingerprint density at radius 3 is 2.72 bits per heavy atom. The highest BCUT2D eigenvalue weighted by molar-refractivity contribution is 6.31. The predicted molar refractivity (Wildman–Crippen MR) is 74.7 cm³/mol. The van der Waals surface area contributed by atoms with Gasteiger partial charge in [0.1, 0.15) is 11.6 Å². The SMILES string of the molecule is CCCCCCC(C)Oc1cc(Cl)c(F)cc1N. The van der Waals surface area contributed by atoms with Crippen molar-refractivity contribution in [2.24, 2.45) is 0 Å². The minimum absolute atomic E-state index is 0.0392. The maximum Gasteiger partial charge on any atom is 0.144 e. The molecule has 18 heavy (non-hydrogen) atoms. The summed E-state index contributed by atoms with van der Waals surface area (Å²) in [6.07, 6.45) is 5.83. The van der Waals surface area contributed by atoms with Crippen LogP contribution in [-0.2, 0) is 0 Å². The van der Waals surface area contributed by atoms with Crippen molar-refractivity contribution in [3.8, 4) is 5.75 Å². The van der Waals surface area contributed by atoms with E-state index in [-0.39, 0.29) is 16.8 Å². The summed E-state index contributed by atoms with van der Waals surface area (Å²) in [4.78, 5) is 0. The zero-order valence-electron chi connectivity index (χ0n) is 11.0. The molecule has 0 aromatic heterocycles. The van der Waals surface area contributed by atoms with Crippen molar-refractivity contribution in [3.63, 3.8) is 0 Å². The van der Waals surface area contributed by atoms with Crippen LogP contribution in [0.3, 0.4) is 0 Å². The van der Waals surface area contributed by atoms with Gasteiger partial charge in [0.05, 0.1) is 16.8 Å². The van der Waals surface area contributed by atoms with E-state index in [2.05, 4.69) is 6.92 Å². The van der Waals surface area contributed by atoms with E-state index < -0.39 is 5.82 Å². The van der Waals surface area contributed by atoms with Crippen molar-refractivity contribution >= 4 is 17.3 Å². The molecule has 0 saturated heterocycles. The van der Waals surface area contributed by atoms with Gasteiger partial charge in [-0.05, 0) is 19.8 Å². The summed E-state index contributed by atoms with van der Waals surface area (Å²) < 4.78 is 18.8. The summed E-state index contributed by atoms with van der Waals surface area (Å²) in [6, 6.07) is 2.64. The largest absolute Gasteiger partial charge is 0.489 e. The topological polar surface area (TPSA) is 35.2 Å². The van der Waals surface area contributed by atoms with E-state index in [1.807, 2.05) is 6.92 Å². The number of hydrogen-bond acceptors (Lipinski definition) is 2. The van der Waals surface area contributed by atoms with Crippen molar-refractivity contribution < 1.29 is 9.13 Å². The number of anilines is 1. The van der Waals surface area contributed by atoms with Gasteiger partial charge in [-0.15, -0.1) is 0 Å². The molecule has 0 aliphatic carbocycles. The lowest BCUT2D eigenvalue weighted by Crippen LogP contribution is -2.12. The highest BCUT2D eigenvalue weighted by Crippen LogP contribution is 2.29. The Balaban J connectivity index is 2.48. The summed E-state index contributed by atoms with van der Waals surface area (Å²) in [5, 5.41) is 0.0392. The van der Waals surface area contributed by atoms with Crippen LogP contribution in [0.25, 0.3) is 0 Å². The average Bonchev–Trinajstić information content (AvgIpc) is 2.32. The molecule has 0 aliphatic heterocycles. The molecule has 1 atom stereocenters. The highest BCUT2D eigenvalue weighted by Gasteiger charge is 2.10. The van der Waals surface area contributed by atoms with Gasteiger partial charge in [0.2, 0.25) is 0 Å². The van der Waals surface area contributed by atoms with Gasteiger partial charge in [0.15, 0.2) is 0 Å². The second kappa shape index (κ2) is 7.47. The molecule has 0 bridgehead atoms. The van der Waals surface area contributed by atoms with Gasteiger partial charge < -0.3 is 10.5 Å². The molecular weight excluding hydrogens is 253 g/mol. The van der Waals surface area contributed by atoms with Gasteiger partial charge in [0, 0.05) is 12.1 Å². The molecule has 0 aliphatic rings. The molecule has 2 N–H and O–H groups in total. The number of hydrogen-bond donors (Lipinski definition) is 1. The number of nitrogen functional groups attached to an aromatic ring is 1. The fraction of sp³-hybridized carbons (Fsp3) is 0.571. The van der Waals surface area contributed by atoms with Gasteiger partial charge in [-0.1, -0.05) is 37.8 Å². The van der Waals surface area contributed by atoms with Crippen molar-refractivity contribution in [2.75, 3.05) is 5.73 Å². The molecule has 0 heterocycles.